The number of fused-ring (bicyclic) bond motifs is 1. The summed E-state index contributed by atoms with van der Waals surface area (Å²) in [5.74, 6) is 0.365. The number of carbonyl (C=O) groups is 1. The monoisotopic (exact) mass is 397 g/mol. The van der Waals surface area contributed by atoms with E-state index in [1.165, 1.54) is 0 Å². The zero-order valence-electron chi connectivity index (χ0n) is 15.3. The van der Waals surface area contributed by atoms with Crippen molar-refractivity contribution in [2.45, 2.75) is 18.4 Å². The van der Waals surface area contributed by atoms with E-state index in [0.717, 1.165) is 11.3 Å². The van der Waals surface area contributed by atoms with Crippen molar-refractivity contribution in [3.63, 3.8) is 0 Å². The number of aromatic nitrogens is 2. The highest BCUT2D eigenvalue weighted by molar-refractivity contribution is 7.90. The summed E-state index contributed by atoms with van der Waals surface area (Å²) in [5, 5.41) is 7.21. The summed E-state index contributed by atoms with van der Waals surface area (Å²) in [4.78, 5) is 12.5. The summed E-state index contributed by atoms with van der Waals surface area (Å²) in [7, 11) is -3.24. The number of aryl methyl sites for hydroxylation is 1. The van der Waals surface area contributed by atoms with E-state index in [1.54, 1.807) is 10.7 Å². The molecule has 1 aliphatic heterocycles. The third kappa shape index (κ3) is 3.63. The number of ether oxygens (including phenoxy) is 1. The number of hydrogen-bond acceptors (Lipinski definition) is 5. The number of benzene rings is 2. The molecule has 0 unspecified atom stereocenters. The van der Waals surface area contributed by atoms with Crippen LogP contribution < -0.4 is 10.1 Å². The van der Waals surface area contributed by atoms with Gasteiger partial charge in [-0.05, 0) is 30.7 Å². The molecule has 28 heavy (non-hydrogen) atoms. The van der Waals surface area contributed by atoms with Gasteiger partial charge in [-0.2, -0.15) is 5.10 Å². The van der Waals surface area contributed by atoms with Crippen molar-refractivity contribution in [2.75, 3.05) is 11.9 Å². The average molecular weight is 397 g/mol. The van der Waals surface area contributed by atoms with Gasteiger partial charge in [-0.15, -0.1) is 0 Å². The van der Waals surface area contributed by atoms with Crippen LogP contribution in [0.1, 0.15) is 16.8 Å². The molecule has 1 N–H and O–H groups in total. The molecule has 2 aromatic carbocycles. The fourth-order valence-electron chi connectivity index (χ4n) is 3.16. The number of anilines is 1. The van der Waals surface area contributed by atoms with E-state index in [2.05, 4.69) is 10.4 Å². The first-order valence-corrected chi connectivity index (χ1v) is 10.6. The Kier molecular flexibility index (Phi) is 4.64. The predicted octanol–water partition coefficient (Wildman–Crippen LogP) is 2.63. The molecule has 0 saturated carbocycles. The molecular formula is C20H19N3O4S. The van der Waals surface area contributed by atoms with Gasteiger partial charge in [0, 0.05) is 5.56 Å². The summed E-state index contributed by atoms with van der Waals surface area (Å²) in [6.45, 7) is 1.71. The zero-order chi connectivity index (χ0) is 19.7. The minimum absolute atomic E-state index is 0.120. The van der Waals surface area contributed by atoms with Gasteiger partial charge in [0.05, 0.1) is 22.9 Å². The molecule has 0 aliphatic carbocycles. The lowest BCUT2D eigenvalue weighted by Crippen LogP contribution is -2.23. The first-order valence-electron chi connectivity index (χ1n) is 8.78. The van der Waals surface area contributed by atoms with Crippen LogP contribution in [-0.2, 0) is 26.1 Å². The minimum Gasteiger partial charge on any atom is -0.483 e. The second-order valence-electron chi connectivity index (χ2n) is 6.66. The second-order valence-corrected chi connectivity index (χ2v) is 8.72. The number of nitrogens with one attached hydrogen (secondary N) is 1. The number of sulfone groups is 1. The van der Waals surface area contributed by atoms with Crippen molar-refractivity contribution in [2.24, 2.45) is 0 Å². The van der Waals surface area contributed by atoms with Crippen molar-refractivity contribution in [3.05, 3.63) is 71.4 Å². The Bertz CT molecular complexity index is 1140. The van der Waals surface area contributed by atoms with E-state index in [1.807, 2.05) is 55.5 Å². The summed E-state index contributed by atoms with van der Waals surface area (Å²) < 4.78 is 31.2. The third-order valence-electron chi connectivity index (χ3n) is 4.50. The molecule has 1 amide bonds. The van der Waals surface area contributed by atoms with Crippen LogP contribution in [0.2, 0.25) is 0 Å². The number of carbonyl (C=O) groups excluding carboxylic acids is 1. The zero-order valence-corrected chi connectivity index (χ0v) is 16.1. The van der Waals surface area contributed by atoms with Gasteiger partial charge in [-0.1, -0.05) is 36.4 Å². The Morgan fingerprint density at radius 1 is 1.11 bits per heavy atom. The summed E-state index contributed by atoms with van der Waals surface area (Å²) in [5.41, 5.74) is 2.67. The molecule has 0 bridgehead atoms. The van der Waals surface area contributed by atoms with Crippen LogP contribution in [0.3, 0.4) is 0 Å². The number of nitrogens with zero attached hydrogens (tertiary/aromatic N) is 2. The summed E-state index contributed by atoms with van der Waals surface area (Å²) in [6, 6.07) is 16.7. The molecule has 0 saturated heterocycles. The van der Waals surface area contributed by atoms with Crippen LogP contribution >= 0.6 is 0 Å². The van der Waals surface area contributed by atoms with Crippen molar-refractivity contribution in [3.8, 4) is 11.4 Å². The van der Waals surface area contributed by atoms with Crippen molar-refractivity contribution >= 4 is 21.6 Å². The molecule has 1 aromatic heterocycles. The molecule has 7 nitrogen and oxygen atoms in total. The molecule has 0 atom stereocenters. The number of para-hydroxylation sites is 2. The van der Waals surface area contributed by atoms with Gasteiger partial charge in [0.15, 0.2) is 16.4 Å². The Hall–Kier alpha value is -3.13. The Balaban J connectivity index is 1.60. The summed E-state index contributed by atoms with van der Waals surface area (Å²) in [6.07, 6.45) is 0. The van der Waals surface area contributed by atoms with Crippen LogP contribution in [0.5, 0.6) is 5.75 Å². The Morgan fingerprint density at radius 3 is 2.57 bits per heavy atom. The topological polar surface area (TPSA) is 90.3 Å². The van der Waals surface area contributed by atoms with E-state index < -0.39 is 9.84 Å². The lowest BCUT2D eigenvalue weighted by molar-refractivity contribution is -0.118. The Labute approximate surface area is 162 Å². The SMILES string of the molecule is Cc1ccccc1OCC(=O)Nc1c2c(nn1-c1ccccc1)CS(=O)(=O)C2. The van der Waals surface area contributed by atoms with E-state index in [-0.39, 0.29) is 24.0 Å². The summed E-state index contributed by atoms with van der Waals surface area (Å²) >= 11 is 0. The maximum atomic E-state index is 12.5. The highest BCUT2D eigenvalue weighted by atomic mass is 32.2. The molecular weight excluding hydrogens is 378 g/mol. The maximum absolute atomic E-state index is 12.5. The minimum atomic E-state index is -3.24. The van der Waals surface area contributed by atoms with Gasteiger partial charge in [0.2, 0.25) is 0 Å². The fraction of sp³-hybridized carbons (Fsp3) is 0.200. The van der Waals surface area contributed by atoms with Gasteiger partial charge >= 0.3 is 0 Å². The van der Waals surface area contributed by atoms with Gasteiger partial charge in [0.1, 0.15) is 11.6 Å². The largest absolute Gasteiger partial charge is 0.483 e. The van der Waals surface area contributed by atoms with Gasteiger partial charge in [-0.25, -0.2) is 13.1 Å². The second kappa shape index (κ2) is 7.12. The van der Waals surface area contributed by atoms with Crippen molar-refractivity contribution in [1.29, 1.82) is 0 Å². The Morgan fingerprint density at radius 2 is 1.82 bits per heavy atom. The van der Waals surface area contributed by atoms with Crippen LogP contribution in [-0.4, -0.2) is 30.7 Å². The molecule has 8 heteroatoms. The predicted molar refractivity (Wildman–Crippen MR) is 105 cm³/mol. The van der Waals surface area contributed by atoms with E-state index in [0.29, 0.717) is 22.8 Å². The highest BCUT2D eigenvalue weighted by Gasteiger charge is 2.33. The fourth-order valence-corrected chi connectivity index (χ4v) is 4.65. The van der Waals surface area contributed by atoms with Crippen LogP contribution in [0.4, 0.5) is 5.82 Å². The molecule has 2 heterocycles. The maximum Gasteiger partial charge on any atom is 0.263 e. The number of hydrogen-bond donors (Lipinski definition) is 1. The standard InChI is InChI=1S/C20H19N3O4S/c1-14-7-5-6-10-18(14)27-11-19(24)21-20-16-12-28(25,26)13-17(16)22-23(20)15-8-3-2-4-9-15/h2-10H,11-13H2,1H3,(H,21,24). The third-order valence-corrected chi connectivity index (χ3v) is 5.94. The number of rotatable bonds is 5. The van der Waals surface area contributed by atoms with Gasteiger partial charge in [0.25, 0.3) is 5.91 Å². The molecule has 4 rings (SSSR count). The first kappa shape index (κ1) is 18.2. The molecule has 1 aliphatic rings. The number of amides is 1. The molecule has 144 valence electrons. The molecule has 0 fully saturated rings. The van der Waals surface area contributed by atoms with Crippen LogP contribution in [0, 0.1) is 6.92 Å². The van der Waals surface area contributed by atoms with E-state index >= 15 is 0 Å². The molecule has 3 aromatic rings. The smallest absolute Gasteiger partial charge is 0.263 e. The molecule has 0 spiro atoms. The van der Waals surface area contributed by atoms with Gasteiger partial charge < -0.3 is 10.1 Å². The van der Waals surface area contributed by atoms with E-state index in [4.69, 9.17) is 4.74 Å². The average Bonchev–Trinajstić information content (AvgIpc) is 3.14. The lowest BCUT2D eigenvalue weighted by Gasteiger charge is -2.12. The van der Waals surface area contributed by atoms with Crippen molar-refractivity contribution in [1.82, 2.24) is 9.78 Å². The normalized spacial score (nSPS) is 14.5. The van der Waals surface area contributed by atoms with Crippen LogP contribution in [0.15, 0.2) is 54.6 Å². The first-order chi connectivity index (χ1) is 13.4. The molecule has 0 radical (unpaired) electrons. The van der Waals surface area contributed by atoms with Gasteiger partial charge in [-0.3, -0.25) is 4.79 Å². The van der Waals surface area contributed by atoms with Crippen molar-refractivity contribution < 1.29 is 17.9 Å². The quantitative estimate of drug-likeness (QED) is 0.715. The van der Waals surface area contributed by atoms with E-state index in [9.17, 15) is 13.2 Å². The highest BCUT2D eigenvalue weighted by Crippen LogP contribution is 2.32. The van der Waals surface area contributed by atoms with Crippen LogP contribution in [0.25, 0.3) is 5.69 Å². The lowest BCUT2D eigenvalue weighted by atomic mass is 10.2.